The summed E-state index contributed by atoms with van der Waals surface area (Å²) in [5.41, 5.74) is 3.94. The summed E-state index contributed by atoms with van der Waals surface area (Å²) in [4.78, 5) is 0. The van der Waals surface area contributed by atoms with E-state index in [0.717, 1.165) is 8.58 Å². The Balaban J connectivity index is 0.000000151. The Bertz CT molecular complexity index is 863. The molecule has 0 aromatic heterocycles. The Labute approximate surface area is 158 Å². The van der Waals surface area contributed by atoms with Crippen LogP contribution < -0.4 is 10.6 Å². The molecule has 0 nitrogen and oxygen atoms in total. The Morgan fingerprint density at radius 3 is 1.38 bits per heavy atom. The molecule has 4 aromatic rings. The fourth-order valence-corrected chi connectivity index (χ4v) is 3.78. The summed E-state index contributed by atoms with van der Waals surface area (Å²) in [6.45, 7) is 2.14. The minimum absolute atomic E-state index is 0.777. The van der Waals surface area contributed by atoms with Crippen molar-refractivity contribution in [1.82, 2.24) is 0 Å². The maximum absolute atomic E-state index is 2.17. The van der Waals surface area contributed by atoms with E-state index in [4.69, 9.17) is 0 Å². The zero-order valence-corrected chi connectivity index (χ0v) is 16.0. The number of aryl methyl sites for hydroxylation is 1. The molecule has 0 radical (unpaired) electrons. The molecule has 0 heterocycles. The van der Waals surface area contributed by atoms with Crippen molar-refractivity contribution in [2.75, 3.05) is 0 Å². The molecule has 0 saturated heterocycles. The molecule has 4 rings (SSSR count). The second kappa shape index (κ2) is 9.70. The monoisotopic (exact) mass is 354 g/mol. The predicted octanol–water partition coefficient (Wildman–Crippen LogP) is 5.98. The summed E-state index contributed by atoms with van der Waals surface area (Å²) in [5, 5.41) is 2.79. The van der Waals surface area contributed by atoms with Gasteiger partial charge in [0, 0.05) is 0 Å². The van der Waals surface area contributed by atoms with E-state index in [-0.39, 0.29) is 0 Å². The van der Waals surface area contributed by atoms with Crippen molar-refractivity contribution >= 4 is 19.2 Å². The Kier molecular flexibility index (Phi) is 6.76. The van der Waals surface area contributed by atoms with Crippen molar-refractivity contribution < 1.29 is 0 Å². The molecule has 0 fully saturated rings. The number of hydrogen-bond donors (Lipinski definition) is 0. The van der Waals surface area contributed by atoms with Gasteiger partial charge in [0.15, 0.2) is 0 Å². The van der Waals surface area contributed by atoms with Crippen molar-refractivity contribution in [1.29, 1.82) is 0 Å². The first-order chi connectivity index (χ1) is 12.8. The largest absolute Gasteiger partial charge is 0.0622 e. The van der Waals surface area contributed by atoms with Gasteiger partial charge in [0.25, 0.3) is 0 Å². The van der Waals surface area contributed by atoms with E-state index in [1.54, 1.807) is 0 Å². The molecule has 0 aliphatic rings. The topological polar surface area (TPSA) is 0 Å². The van der Waals surface area contributed by atoms with Crippen LogP contribution in [0.1, 0.15) is 5.56 Å². The first-order valence-corrected chi connectivity index (χ1v) is 9.81. The van der Waals surface area contributed by atoms with Gasteiger partial charge in [-0.15, -0.1) is 0 Å². The van der Waals surface area contributed by atoms with Crippen LogP contribution in [0.15, 0.2) is 115 Å². The standard InChI is InChI=1S/C13H12.C12H11P/c1-11-7-5-6-10-13(11)12-8-3-2-4-9-12;1-3-7-11(8-4-1)13-12-9-5-2-6-10-12/h2-10H,1H3;1-10,13H. The van der Waals surface area contributed by atoms with Gasteiger partial charge >= 0.3 is 0 Å². The first kappa shape index (κ1) is 18.1. The summed E-state index contributed by atoms with van der Waals surface area (Å²) in [6, 6.07) is 40.1. The third-order valence-corrected chi connectivity index (χ3v) is 5.31. The Hall–Kier alpha value is -2.69. The van der Waals surface area contributed by atoms with Crippen LogP contribution in [0.5, 0.6) is 0 Å². The van der Waals surface area contributed by atoms with E-state index >= 15 is 0 Å². The van der Waals surface area contributed by atoms with Crippen LogP contribution in [-0.2, 0) is 0 Å². The van der Waals surface area contributed by atoms with Gasteiger partial charge in [-0.1, -0.05) is 124 Å². The molecular formula is C25H23P. The highest BCUT2D eigenvalue weighted by molar-refractivity contribution is 7.55. The average Bonchev–Trinajstić information content (AvgIpc) is 2.71. The van der Waals surface area contributed by atoms with Gasteiger partial charge in [-0.2, -0.15) is 0 Å². The molecule has 128 valence electrons. The predicted molar refractivity (Wildman–Crippen MR) is 117 cm³/mol. The van der Waals surface area contributed by atoms with Crippen molar-refractivity contribution in [3.05, 3.63) is 121 Å². The lowest BCUT2D eigenvalue weighted by atomic mass is 10.0. The molecule has 0 saturated carbocycles. The second-order valence-electron chi connectivity index (χ2n) is 6.04. The van der Waals surface area contributed by atoms with Crippen molar-refractivity contribution in [2.24, 2.45) is 0 Å². The fourth-order valence-electron chi connectivity index (χ4n) is 2.72. The number of benzene rings is 4. The van der Waals surface area contributed by atoms with Crippen LogP contribution in [0.3, 0.4) is 0 Å². The Morgan fingerprint density at radius 2 is 0.885 bits per heavy atom. The molecule has 0 unspecified atom stereocenters. The number of rotatable bonds is 3. The van der Waals surface area contributed by atoms with Crippen molar-refractivity contribution in [2.45, 2.75) is 6.92 Å². The van der Waals surface area contributed by atoms with E-state index in [1.165, 1.54) is 27.3 Å². The van der Waals surface area contributed by atoms with Gasteiger partial charge in [0.2, 0.25) is 0 Å². The van der Waals surface area contributed by atoms with Gasteiger partial charge in [-0.05, 0) is 34.2 Å². The lowest BCUT2D eigenvalue weighted by Crippen LogP contribution is -2.01. The van der Waals surface area contributed by atoms with Crippen LogP contribution >= 0.6 is 8.58 Å². The number of hydrogen-bond acceptors (Lipinski definition) is 0. The van der Waals surface area contributed by atoms with Crippen LogP contribution in [0.25, 0.3) is 11.1 Å². The van der Waals surface area contributed by atoms with Crippen molar-refractivity contribution in [3.8, 4) is 11.1 Å². The minimum atomic E-state index is 0.777. The SMILES string of the molecule is Cc1ccccc1-c1ccccc1.c1ccc(Pc2ccccc2)cc1. The van der Waals surface area contributed by atoms with Crippen LogP contribution in [0.4, 0.5) is 0 Å². The maximum atomic E-state index is 2.17. The van der Waals surface area contributed by atoms with Crippen LogP contribution in [-0.4, -0.2) is 0 Å². The van der Waals surface area contributed by atoms with Crippen LogP contribution in [0.2, 0.25) is 0 Å². The summed E-state index contributed by atoms with van der Waals surface area (Å²) in [5.74, 6) is 0. The second-order valence-corrected chi connectivity index (χ2v) is 7.44. The van der Waals surface area contributed by atoms with E-state index in [9.17, 15) is 0 Å². The minimum Gasteiger partial charge on any atom is -0.0622 e. The average molecular weight is 354 g/mol. The Morgan fingerprint density at radius 1 is 0.462 bits per heavy atom. The smallest absolute Gasteiger partial charge is 0.0155 e. The zero-order chi connectivity index (χ0) is 18.0. The third-order valence-electron chi connectivity index (χ3n) is 4.07. The maximum Gasteiger partial charge on any atom is -0.0155 e. The molecule has 0 spiro atoms. The van der Waals surface area contributed by atoms with Gasteiger partial charge in [-0.25, -0.2) is 0 Å². The molecule has 1 heteroatoms. The van der Waals surface area contributed by atoms with Crippen molar-refractivity contribution in [3.63, 3.8) is 0 Å². The quantitative estimate of drug-likeness (QED) is 0.397. The van der Waals surface area contributed by atoms with E-state index < -0.39 is 0 Å². The molecule has 0 aliphatic heterocycles. The summed E-state index contributed by atoms with van der Waals surface area (Å²) >= 11 is 0. The lowest BCUT2D eigenvalue weighted by Gasteiger charge is -2.04. The molecule has 0 aliphatic carbocycles. The first-order valence-electron chi connectivity index (χ1n) is 8.81. The molecule has 26 heavy (non-hydrogen) atoms. The van der Waals surface area contributed by atoms with Gasteiger partial charge in [0.05, 0.1) is 0 Å². The molecule has 0 bridgehead atoms. The molecule has 0 atom stereocenters. The van der Waals surface area contributed by atoms with E-state index in [2.05, 4.69) is 116 Å². The van der Waals surface area contributed by atoms with E-state index in [1.807, 2.05) is 6.07 Å². The highest BCUT2D eigenvalue weighted by Gasteiger charge is 1.97. The summed E-state index contributed by atoms with van der Waals surface area (Å²) in [6.07, 6.45) is 0. The molecule has 4 aromatic carbocycles. The highest BCUT2D eigenvalue weighted by Crippen LogP contribution is 2.21. The normalized spacial score (nSPS) is 9.88. The van der Waals surface area contributed by atoms with Gasteiger partial charge in [-0.3, -0.25) is 0 Å². The summed E-state index contributed by atoms with van der Waals surface area (Å²) in [7, 11) is 0.777. The van der Waals surface area contributed by atoms with E-state index in [0.29, 0.717) is 0 Å². The fraction of sp³-hybridized carbons (Fsp3) is 0.0400. The van der Waals surface area contributed by atoms with Gasteiger partial charge < -0.3 is 0 Å². The zero-order valence-electron chi connectivity index (χ0n) is 15.0. The summed E-state index contributed by atoms with van der Waals surface area (Å²) < 4.78 is 0. The lowest BCUT2D eigenvalue weighted by molar-refractivity contribution is 1.46. The third kappa shape index (κ3) is 5.41. The molecule has 0 N–H and O–H groups in total. The molecule has 0 amide bonds. The highest BCUT2D eigenvalue weighted by atomic mass is 31.1. The van der Waals surface area contributed by atoms with Gasteiger partial charge in [0.1, 0.15) is 0 Å². The molecular weight excluding hydrogens is 331 g/mol. The van der Waals surface area contributed by atoms with Crippen LogP contribution in [0, 0.1) is 6.92 Å².